The van der Waals surface area contributed by atoms with E-state index in [-0.39, 0.29) is 5.41 Å². The van der Waals surface area contributed by atoms with Gasteiger partial charge in [-0.25, -0.2) is 0 Å². The number of ether oxygens (including phenoxy) is 1. The number of aliphatic imine (C=N–C) groups is 1. The van der Waals surface area contributed by atoms with Gasteiger partial charge < -0.3 is 15.4 Å². The standard InChI is InChI=1S/C18H31N3O/c1-7-14(3)21-17(19-8-2)20-13-18(4,5)15-9-11-16(22-6)12-10-15/h9-12,14H,7-8,13H2,1-6H3,(H2,19,20,21). The molecule has 1 atom stereocenters. The van der Waals surface area contributed by atoms with E-state index >= 15 is 0 Å². The summed E-state index contributed by atoms with van der Waals surface area (Å²) in [6, 6.07) is 8.65. The van der Waals surface area contributed by atoms with Gasteiger partial charge in [0.05, 0.1) is 13.7 Å². The molecule has 0 radical (unpaired) electrons. The van der Waals surface area contributed by atoms with Crippen molar-refractivity contribution in [2.75, 3.05) is 20.2 Å². The Labute approximate surface area is 135 Å². The number of guanidine groups is 1. The zero-order valence-electron chi connectivity index (χ0n) is 14.9. The molecule has 2 N–H and O–H groups in total. The third kappa shape index (κ3) is 5.58. The summed E-state index contributed by atoms with van der Waals surface area (Å²) in [4.78, 5) is 4.76. The van der Waals surface area contributed by atoms with Crippen molar-refractivity contribution in [2.45, 2.75) is 52.5 Å². The van der Waals surface area contributed by atoms with Crippen LogP contribution < -0.4 is 15.4 Å². The van der Waals surface area contributed by atoms with Gasteiger partial charge >= 0.3 is 0 Å². The highest BCUT2D eigenvalue weighted by Crippen LogP contribution is 2.25. The van der Waals surface area contributed by atoms with E-state index in [1.54, 1.807) is 7.11 Å². The number of nitrogens with one attached hydrogen (secondary N) is 2. The molecule has 0 fully saturated rings. The summed E-state index contributed by atoms with van der Waals surface area (Å²) in [6.07, 6.45) is 1.08. The molecule has 0 aliphatic heterocycles. The number of rotatable bonds is 7. The van der Waals surface area contributed by atoms with Crippen molar-refractivity contribution in [2.24, 2.45) is 4.99 Å². The Hall–Kier alpha value is -1.71. The van der Waals surface area contributed by atoms with E-state index in [0.29, 0.717) is 6.04 Å². The molecule has 1 aromatic rings. The van der Waals surface area contributed by atoms with Gasteiger partial charge in [-0.3, -0.25) is 4.99 Å². The lowest BCUT2D eigenvalue weighted by Crippen LogP contribution is -2.42. The van der Waals surface area contributed by atoms with Gasteiger partial charge in [0.1, 0.15) is 5.75 Å². The fourth-order valence-corrected chi connectivity index (χ4v) is 2.07. The van der Waals surface area contributed by atoms with Crippen LogP contribution >= 0.6 is 0 Å². The first-order chi connectivity index (χ1) is 10.4. The second-order valence-corrected chi connectivity index (χ2v) is 6.26. The third-order valence-electron chi connectivity index (χ3n) is 3.84. The summed E-state index contributed by atoms with van der Waals surface area (Å²) in [5.41, 5.74) is 1.24. The van der Waals surface area contributed by atoms with E-state index < -0.39 is 0 Å². The Morgan fingerprint density at radius 2 is 1.86 bits per heavy atom. The molecule has 22 heavy (non-hydrogen) atoms. The maximum Gasteiger partial charge on any atom is 0.191 e. The summed E-state index contributed by atoms with van der Waals surface area (Å²) in [6.45, 7) is 12.4. The maximum absolute atomic E-state index is 5.22. The fraction of sp³-hybridized carbons (Fsp3) is 0.611. The molecule has 1 unspecified atom stereocenters. The van der Waals surface area contributed by atoms with Crippen molar-refractivity contribution in [1.82, 2.24) is 10.6 Å². The van der Waals surface area contributed by atoms with E-state index in [9.17, 15) is 0 Å². The predicted molar refractivity (Wildman–Crippen MR) is 94.9 cm³/mol. The molecule has 0 heterocycles. The lowest BCUT2D eigenvalue weighted by Gasteiger charge is -2.24. The Balaban J connectivity index is 2.80. The largest absolute Gasteiger partial charge is 0.497 e. The summed E-state index contributed by atoms with van der Waals surface area (Å²) < 4.78 is 5.22. The summed E-state index contributed by atoms with van der Waals surface area (Å²) >= 11 is 0. The minimum Gasteiger partial charge on any atom is -0.497 e. The average Bonchev–Trinajstić information content (AvgIpc) is 2.52. The number of hydrogen-bond acceptors (Lipinski definition) is 2. The van der Waals surface area contributed by atoms with Crippen LogP contribution in [0, 0.1) is 0 Å². The van der Waals surface area contributed by atoms with Gasteiger partial charge in [0, 0.05) is 18.0 Å². The second kappa shape index (κ2) is 8.66. The van der Waals surface area contributed by atoms with Gasteiger partial charge in [0.25, 0.3) is 0 Å². The number of methoxy groups -OCH3 is 1. The van der Waals surface area contributed by atoms with Crippen molar-refractivity contribution in [3.8, 4) is 5.75 Å². The second-order valence-electron chi connectivity index (χ2n) is 6.26. The molecule has 1 rings (SSSR count). The smallest absolute Gasteiger partial charge is 0.191 e. The highest BCUT2D eigenvalue weighted by atomic mass is 16.5. The minimum absolute atomic E-state index is 0.0237. The zero-order valence-corrected chi connectivity index (χ0v) is 14.9. The van der Waals surface area contributed by atoms with Crippen molar-refractivity contribution in [3.05, 3.63) is 29.8 Å². The zero-order chi connectivity index (χ0) is 16.6. The van der Waals surface area contributed by atoms with Crippen LogP contribution in [0.15, 0.2) is 29.3 Å². The summed E-state index contributed by atoms with van der Waals surface area (Å²) in [5.74, 6) is 1.77. The topological polar surface area (TPSA) is 45.7 Å². The third-order valence-corrected chi connectivity index (χ3v) is 3.84. The van der Waals surface area contributed by atoms with Gasteiger partial charge in [-0.05, 0) is 38.0 Å². The molecule has 4 heteroatoms. The van der Waals surface area contributed by atoms with Crippen LogP contribution in [0.1, 0.15) is 46.6 Å². The maximum atomic E-state index is 5.22. The first-order valence-corrected chi connectivity index (χ1v) is 8.12. The van der Waals surface area contributed by atoms with Crippen LogP contribution in [0.4, 0.5) is 0 Å². The minimum atomic E-state index is -0.0237. The molecule has 0 amide bonds. The summed E-state index contributed by atoms with van der Waals surface area (Å²) in [5, 5.41) is 6.74. The number of benzene rings is 1. The van der Waals surface area contributed by atoms with E-state index in [1.807, 2.05) is 12.1 Å². The van der Waals surface area contributed by atoms with Crippen LogP contribution in [0.25, 0.3) is 0 Å². The molecule has 0 spiro atoms. The SMILES string of the molecule is CCNC(=NCC(C)(C)c1ccc(OC)cc1)NC(C)CC. The lowest BCUT2D eigenvalue weighted by molar-refractivity contribution is 0.414. The van der Waals surface area contributed by atoms with Crippen molar-refractivity contribution in [1.29, 1.82) is 0 Å². The predicted octanol–water partition coefficient (Wildman–Crippen LogP) is 3.33. The monoisotopic (exact) mass is 305 g/mol. The lowest BCUT2D eigenvalue weighted by atomic mass is 9.85. The van der Waals surface area contributed by atoms with Crippen LogP contribution in [-0.2, 0) is 5.41 Å². The van der Waals surface area contributed by atoms with Gasteiger partial charge in [0.15, 0.2) is 5.96 Å². The van der Waals surface area contributed by atoms with Crippen LogP contribution in [0.2, 0.25) is 0 Å². The molecule has 0 aliphatic carbocycles. The Bertz CT molecular complexity index is 466. The number of hydrogen-bond donors (Lipinski definition) is 2. The quantitative estimate of drug-likeness (QED) is 0.600. The van der Waals surface area contributed by atoms with E-state index in [4.69, 9.17) is 9.73 Å². The molecule has 0 bridgehead atoms. The summed E-state index contributed by atoms with van der Waals surface area (Å²) in [7, 11) is 1.69. The van der Waals surface area contributed by atoms with Gasteiger partial charge in [0.2, 0.25) is 0 Å². The van der Waals surface area contributed by atoms with E-state index in [0.717, 1.165) is 31.2 Å². The average molecular weight is 305 g/mol. The first kappa shape index (κ1) is 18.3. The van der Waals surface area contributed by atoms with E-state index in [2.05, 4.69) is 57.4 Å². The van der Waals surface area contributed by atoms with Crippen molar-refractivity contribution >= 4 is 5.96 Å². The molecule has 0 saturated heterocycles. The highest BCUT2D eigenvalue weighted by molar-refractivity contribution is 5.80. The molecule has 124 valence electrons. The molecule has 0 aliphatic rings. The van der Waals surface area contributed by atoms with E-state index in [1.165, 1.54) is 5.56 Å². The molecule has 0 saturated carbocycles. The van der Waals surface area contributed by atoms with Crippen LogP contribution in [-0.4, -0.2) is 32.2 Å². The molecule has 1 aromatic carbocycles. The van der Waals surface area contributed by atoms with Crippen LogP contribution in [0.5, 0.6) is 5.75 Å². The van der Waals surface area contributed by atoms with Crippen molar-refractivity contribution < 1.29 is 4.74 Å². The van der Waals surface area contributed by atoms with Crippen molar-refractivity contribution in [3.63, 3.8) is 0 Å². The van der Waals surface area contributed by atoms with Gasteiger partial charge in [-0.15, -0.1) is 0 Å². The molecule has 4 nitrogen and oxygen atoms in total. The normalized spacial score (nSPS) is 13.6. The van der Waals surface area contributed by atoms with Crippen LogP contribution in [0.3, 0.4) is 0 Å². The Morgan fingerprint density at radius 3 is 2.36 bits per heavy atom. The fourth-order valence-electron chi connectivity index (χ4n) is 2.07. The molecule has 0 aromatic heterocycles. The first-order valence-electron chi connectivity index (χ1n) is 8.12. The highest BCUT2D eigenvalue weighted by Gasteiger charge is 2.20. The number of nitrogens with zero attached hydrogens (tertiary/aromatic N) is 1. The Morgan fingerprint density at radius 1 is 1.23 bits per heavy atom. The molecular weight excluding hydrogens is 274 g/mol. The molecular formula is C18H31N3O. The van der Waals surface area contributed by atoms with Gasteiger partial charge in [-0.1, -0.05) is 32.9 Å². The van der Waals surface area contributed by atoms with Gasteiger partial charge in [-0.2, -0.15) is 0 Å². The Kier molecular flexibility index (Phi) is 7.22.